The first-order chi connectivity index (χ1) is 8.63. The molecule has 0 heterocycles. The second kappa shape index (κ2) is 7.97. The van der Waals surface area contributed by atoms with E-state index in [4.69, 9.17) is 21.6 Å². The summed E-state index contributed by atoms with van der Waals surface area (Å²) in [5.41, 5.74) is 1.40. The third kappa shape index (κ3) is 5.39. The summed E-state index contributed by atoms with van der Waals surface area (Å²) in [4.78, 5) is 0. The monoisotopic (exact) mass is 266 g/mol. The van der Waals surface area contributed by atoms with E-state index in [1.165, 1.54) is 0 Å². The van der Waals surface area contributed by atoms with Gasteiger partial charge in [-0.15, -0.1) is 0 Å². The maximum absolute atomic E-state index is 8.75. The van der Waals surface area contributed by atoms with E-state index in [0.29, 0.717) is 23.1 Å². The van der Waals surface area contributed by atoms with Crippen LogP contribution in [0, 0.1) is 17.2 Å². The summed E-state index contributed by atoms with van der Waals surface area (Å²) in [7, 11) is 0. The van der Waals surface area contributed by atoms with Crippen molar-refractivity contribution in [3.8, 4) is 6.07 Å². The maximum atomic E-state index is 8.75. The molecule has 1 aromatic carbocycles. The fourth-order valence-electron chi connectivity index (χ4n) is 1.40. The fraction of sp³-hybridized carbons (Fsp3) is 0.500. The van der Waals surface area contributed by atoms with Gasteiger partial charge >= 0.3 is 0 Å². The number of rotatable bonds is 7. The van der Waals surface area contributed by atoms with Crippen LogP contribution < -0.4 is 5.32 Å². The van der Waals surface area contributed by atoms with E-state index in [1.54, 1.807) is 12.1 Å². The first-order valence-electron chi connectivity index (χ1n) is 6.14. The normalized spacial score (nSPS) is 10.4. The van der Waals surface area contributed by atoms with Gasteiger partial charge in [0.15, 0.2) is 0 Å². The van der Waals surface area contributed by atoms with Gasteiger partial charge < -0.3 is 10.1 Å². The number of anilines is 1. The lowest BCUT2D eigenvalue weighted by Crippen LogP contribution is -2.10. The number of benzene rings is 1. The van der Waals surface area contributed by atoms with Gasteiger partial charge in [-0.1, -0.05) is 25.4 Å². The maximum Gasteiger partial charge on any atom is 0.101 e. The topological polar surface area (TPSA) is 45.0 Å². The van der Waals surface area contributed by atoms with Gasteiger partial charge in [-0.05, 0) is 30.5 Å². The standard InChI is InChI=1S/C14H19ClN2O/c1-11(2)5-7-18-8-6-17-13-4-3-12(10-16)14(15)9-13/h3-4,9,11,17H,5-8H2,1-2H3. The highest BCUT2D eigenvalue weighted by atomic mass is 35.5. The Kier molecular flexibility index (Phi) is 6.56. The number of nitriles is 1. The minimum Gasteiger partial charge on any atom is -0.383 e. The zero-order valence-electron chi connectivity index (χ0n) is 10.9. The molecule has 0 unspecified atom stereocenters. The van der Waals surface area contributed by atoms with Crippen molar-refractivity contribution in [3.05, 3.63) is 28.8 Å². The number of hydrogen-bond donors (Lipinski definition) is 1. The van der Waals surface area contributed by atoms with Crippen molar-refractivity contribution in [1.82, 2.24) is 0 Å². The molecule has 1 aromatic rings. The number of hydrogen-bond acceptors (Lipinski definition) is 3. The van der Waals surface area contributed by atoms with E-state index in [0.717, 1.165) is 25.3 Å². The van der Waals surface area contributed by atoms with Crippen molar-refractivity contribution in [2.45, 2.75) is 20.3 Å². The summed E-state index contributed by atoms with van der Waals surface area (Å²) < 4.78 is 5.49. The van der Waals surface area contributed by atoms with Gasteiger partial charge in [-0.2, -0.15) is 5.26 Å². The van der Waals surface area contributed by atoms with Crippen molar-refractivity contribution >= 4 is 17.3 Å². The quantitative estimate of drug-likeness (QED) is 0.766. The zero-order chi connectivity index (χ0) is 13.4. The molecule has 0 saturated heterocycles. The molecule has 98 valence electrons. The van der Waals surface area contributed by atoms with E-state index in [9.17, 15) is 0 Å². The average Bonchev–Trinajstić information content (AvgIpc) is 2.33. The molecule has 0 atom stereocenters. The van der Waals surface area contributed by atoms with E-state index in [2.05, 4.69) is 19.2 Å². The molecule has 3 nitrogen and oxygen atoms in total. The smallest absolute Gasteiger partial charge is 0.101 e. The predicted octanol–water partition coefficient (Wildman–Crippen LogP) is 3.69. The van der Waals surface area contributed by atoms with E-state index < -0.39 is 0 Å². The number of nitrogens with one attached hydrogen (secondary N) is 1. The van der Waals surface area contributed by atoms with Crippen LogP contribution in [0.5, 0.6) is 0 Å². The van der Waals surface area contributed by atoms with Gasteiger partial charge in [0.05, 0.1) is 17.2 Å². The Balaban J connectivity index is 2.24. The molecule has 0 aliphatic heterocycles. The highest BCUT2D eigenvalue weighted by Gasteiger charge is 2.00. The lowest BCUT2D eigenvalue weighted by atomic mass is 10.1. The summed E-state index contributed by atoms with van der Waals surface area (Å²) in [5, 5.41) is 12.4. The van der Waals surface area contributed by atoms with E-state index in [1.807, 2.05) is 12.1 Å². The van der Waals surface area contributed by atoms with Crippen molar-refractivity contribution in [2.75, 3.05) is 25.1 Å². The third-order valence-electron chi connectivity index (χ3n) is 2.50. The van der Waals surface area contributed by atoms with E-state index >= 15 is 0 Å². The summed E-state index contributed by atoms with van der Waals surface area (Å²) in [6.45, 7) is 6.57. The third-order valence-corrected chi connectivity index (χ3v) is 2.82. The van der Waals surface area contributed by atoms with Crippen LogP contribution in [0.3, 0.4) is 0 Å². The molecule has 18 heavy (non-hydrogen) atoms. The van der Waals surface area contributed by atoms with Crippen LogP contribution in [0.15, 0.2) is 18.2 Å². The number of ether oxygens (including phenoxy) is 1. The molecular weight excluding hydrogens is 248 g/mol. The van der Waals surface area contributed by atoms with Crippen LogP contribution in [0.2, 0.25) is 5.02 Å². The molecule has 0 aliphatic rings. The zero-order valence-corrected chi connectivity index (χ0v) is 11.6. The summed E-state index contributed by atoms with van der Waals surface area (Å²) in [5.74, 6) is 0.676. The Bertz CT molecular complexity index is 413. The van der Waals surface area contributed by atoms with Crippen molar-refractivity contribution in [1.29, 1.82) is 5.26 Å². The lowest BCUT2D eigenvalue weighted by Gasteiger charge is -2.09. The van der Waals surface area contributed by atoms with Gasteiger partial charge in [-0.3, -0.25) is 0 Å². The molecular formula is C14H19ClN2O. The molecule has 0 amide bonds. The first-order valence-corrected chi connectivity index (χ1v) is 6.52. The van der Waals surface area contributed by atoms with Crippen LogP contribution in [-0.4, -0.2) is 19.8 Å². The number of nitrogens with zero attached hydrogens (tertiary/aromatic N) is 1. The fourth-order valence-corrected chi connectivity index (χ4v) is 1.63. The second-order valence-corrected chi connectivity index (χ2v) is 4.94. The molecule has 0 spiro atoms. The lowest BCUT2D eigenvalue weighted by molar-refractivity contribution is 0.132. The van der Waals surface area contributed by atoms with Crippen LogP contribution in [0.1, 0.15) is 25.8 Å². The van der Waals surface area contributed by atoms with Crippen LogP contribution in [0.25, 0.3) is 0 Å². The van der Waals surface area contributed by atoms with Gasteiger partial charge in [0.25, 0.3) is 0 Å². The first kappa shape index (κ1) is 14.8. The Labute approximate surface area is 114 Å². The largest absolute Gasteiger partial charge is 0.383 e. The average molecular weight is 267 g/mol. The molecule has 0 saturated carbocycles. The molecule has 0 aliphatic carbocycles. The Morgan fingerprint density at radius 2 is 2.17 bits per heavy atom. The summed E-state index contributed by atoms with van der Waals surface area (Å²) in [6, 6.07) is 7.35. The molecule has 1 rings (SSSR count). The Hall–Kier alpha value is -1.24. The molecule has 0 aromatic heterocycles. The Morgan fingerprint density at radius 3 is 2.78 bits per heavy atom. The highest BCUT2D eigenvalue weighted by molar-refractivity contribution is 6.32. The second-order valence-electron chi connectivity index (χ2n) is 4.53. The van der Waals surface area contributed by atoms with Gasteiger partial charge in [0.1, 0.15) is 6.07 Å². The van der Waals surface area contributed by atoms with Crippen molar-refractivity contribution < 1.29 is 4.74 Å². The van der Waals surface area contributed by atoms with Gasteiger partial charge in [0, 0.05) is 18.8 Å². The minimum atomic E-state index is 0.475. The molecule has 0 radical (unpaired) electrons. The van der Waals surface area contributed by atoms with Crippen molar-refractivity contribution in [3.63, 3.8) is 0 Å². The van der Waals surface area contributed by atoms with E-state index in [-0.39, 0.29) is 0 Å². The van der Waals surface area contributed by atoms with Gasteiger partial charge in [-0.25, -0.2) is 0 Å². The van der Waals surface area contributed by atoms with Crippen LogP contribution in [0.4, 0.5) is 5.69 Å². The van der Waals surface area contributed by atoms with Crippen LogP contribution in [-0.2, 0) is 4.74 Å². The summed E-state index contributed by atoms with van der Waals surface area (Å²) >= 11 is 5.93. The Morgan fingerprint density at radius 1 is 1.39 bits per heavy atom. The minimum absolute atomic E-state index is 0.475. The van der Waals surface area contributed by atoms with Gasteiger partial charge in [0.2, 0.25) is 0 Å². The predicted molar refractivity (Wildman–Crippen MR) is 74.9 cm³/mol. The highest BCUT2D eigenvalue weighted by Crippen LogP contribution is 2.19. The van der Waals surface area contributed by atoms with Crippen LogP contribution >= 0.6 is 11.6 Å². The molecule has 0 bridgehead atoms. The molecule has 0 fully saturated rings. The SMILES string of the molecule is CC(C)CCOCCNc1ccc(C#N)c(Cl)c1. The molecule has 1 N–H and O–H groups in total. The molecule has 4 heteroatoms. The van der Waals surface area contributed by atoms with Crippen molar-refractivity contribution in [2.24, 2.45) is 5.92 Å². The number of halogens is 1. The summed E-state index contributed by atoms with van der Waals surface area (Å²) in [6.07, 6.45) is 1.09.